The van der Waals surface area contributed by atoms with Gasteiger partial charge in [-0.25, -0.2) is 8.93 Å². The number of benzene rings is 3. The molecule has 3 nitrogen and oxygen atoms in total. The molecule has 3 aromatic rings. The Balaban J connectivity index is 1.97. The van der Waals surface area contributed by atoms with Crippen LogP contribution in [0, 0.1) is 13.8 Å². The topological polar surface area (TPSA) is 46.2 Å². The van der Waals surface area contributed by atoms with Crippen molar-refractivity contribution in [2.24, 2.45) is 0 Å². The maximum Gasteiger partial charge on any atom is 0.125 e. The van der Waals surface area contributed by atoms with Gasteiger partial charge in [0.1, 0.15) is 11.0 Å². The predicted octanol–water partition coefficient (Wildman–Crippen LogP) is 5.03. The minimum absolute atomic E-state index is 0.318. The first kappa shape index (κ1) is 21.6. The molecule has 0 saturated carbocycles. The SMILES string of the molecule is Cc1ccc([S@@](=O)[C@H](C)[C@@](C)(N[S@](=O)c2ccc(C)cc2)c2ccccc2)cc1. The molecule has 0 aliphatic carbocycles. The van der Waals surface area contributed by atoms with Crippen molar-refractivity contribution in [2.45, 2.75) is 48.3 Å². The van der Waals surface area contributed by atoms with Gasteiger partial charge in [-0.1, -0.05) is 65.7 Å². The molecule has 29 heavy (non-hydrogen) atoms. The summed E-state index contributed by atoms with van der Waals surface area (Å²) in [6, 6.07) is 25.2. The molecule has 0 amide bonds. The van der Waals surface area contributed by atoms with Crippen LogP contribution in [0.3, 0.4) is 0 Å². The van der Waals surface area contributed by atoms with Crippen molar-refractivity contribution in [3.05, 3.63) is 95.6 Å². The first-order valence-corrected chi connectivity index (χ1v) is 12.0. The Hall–Kier alpha value is -2.08. The van der Waals surface area contributed by atoms with Gasteiger partial charge >= 0.3 is 0 Å². The average molecular weight is 426 g/mol. The van der Waals surface area contributed by atoms with Crippen molar-refractivity contribution in [3.8, 4) is 0 Å². The van der Waals surface area contributed by atoms with Crippen LogP contribution in [0.1, 0.15) is 30.5 Å². The summed E-state index contributed by atoms with van der Waals surface area (Å²) in [5, 5.41) is -0.318. The molecule has 0 fully saturated rings. The van der Waals surface area contributed by atoms with Crippen LogP contribution in [0.4, 0.5) is 0 Å². The van der Waals surface area contributed by atoms with Crippen LogP contribution in [0.15, 0.2) is 88.7 Å². The number of rotatable bonds is 7. The van der Waals surface area contributed by atoms with Gasteiger partial charge in [0.15, 0.2) is 0 Å². The van der Waals surface area contributed by atoms with E-state index in [1.165, 1.54) is 0 Å². The summed E-state index contributed by atoms with van der Waals surface area (Å²) in [6.07, 6.45) is 0. The first-order valence-electron chi connectivity index (χ1n) is 9.60. The lowest BCUT2D eigenvalue weighted by Gasteiger charge is -2.36. The number of nitrogens with one attached hydrogen (secondary N) is 1. The largest absolute Gasteiger partial charge is 0.254 e. The highest BCUT2D eigenvalue weighted by molar-refractivity contribution is 7.86. The lowest BCUT2D eigenvalue weighted by molar-refractivity contribution is 0.434. The molecule has 3 aromatic carbocycles. The van der Waals surface area contributed by atoms with E-state index < -0.39 is 27.3 Å². The molecule has 0 saturated heterocycles. The molecule has 0 aliphatic heterocycles. The third-order valence-corrected chi connectivity index (χ3v) is 8.46. The zero-order chi connectivity index (χ0) is 21.0. The van der Waals surface area contributed by atoms with Gasteiger partial charge in [-0.05, 0) is 57.5 Å². The molecule has 0 radical (unpaired) electrons. The van der Waals surface area contributed by atoms with E-state index in [-0.39, 0.29) is 5.25 Å². The highest BCUT2D eigenvalue weighted by Gasteiger charge is 2.38. The van der Waals surface area contributed by atoms with E-state index >= 15 is 0 Å². The van der Waals surface area contributed by atoms with Gasteiger partial charge in [0.05, 0.1) is 26.5 Å². The molecule has 4 atom stereocenters. The van der Waals surface area contributed by atoms with Gasteiger partial charge in [-0.2, -0.15) is 0 Å². The van der Waals surface area contributed by atoms with Gasteiger partial charge < -0.3 is 0 Å². The van der Waals surface area contributed by atoms with Gasteiger partial charge in [0, 0.05) is 4.90 Å². The Labute approximate surface area is 178 Å². The second-order valence-corrected chi connectivity index (χ2v) is 10.5. The standard InChI is InChI=1S/C24H27NO2S2/c1-18-10-14-22(15-11-18)28(26)20(3)24(4,21-8-6-5-7-9-21)25-29(27)23-16-12-19(2)13-17-23/h5-17,20,25H,1-4H3/t20-,24-,28+,29-/m1/s1. The van der Waals surface area contributed by atoms with Crippen molar-refractivity contribution in [3.63, 3.8) is 0 Å². The molecule has 0 aliphatic rings. The molecule has 0 aromatic heterocycles. The normalized spacial score (nSPS) is 16.6. The molecule has 152 valence electrons. The molecule has 0 unspecified atom stereocenters. The minimum atomic E-state index is -1.44. The van der Waals surface area contributed by atoms with Gasteiger partial charge in [0.25, 0.3) is 0 Å². The highest BCUT2D eigenvalue weighted by Crippen LogP contribution is 2.31. The third kappa shape index (κ3) is 4.92. The third-order valence-electron chi connectivity index (χ3n) is 5.30. The molecule has 0 spiro atoms. The highest BCUT2D eigenvalue weighted by atomic mass is 32.2. The van der Waals surface area contributed by atoms with E-state index in [1.54, 1.807) is 0 Å². The number of hydrogen-bond acceptors (Lipinski definition) is 2. The number of aryl methyl sites for hydroxylation is 2. The van der Waals surface area contributed by atoms with Crippen molar-refractivity contribution >= 4 is 21.8 Å². The fraction of sp³-hybridized carbons (Fsp3) is 0.250. The van der Waals surface area contributed by atoms with E-state index in [9.17, 15) is 8.42 Å². The summed E-state index contributed by atoms with van der Waals surface area (Å²) < 4.78 is 29.9. The molecule has 3 rings (SSSR count). The zero-order valence-corrected chi connectivity index (χ0v) is 18.8. The summed E-state index contributed by atoms with van der Waals surface area (Å²) >= 11 is 0. The molecule has 0 heterocycles. The van der Waals surface area contributed by atoms with Crippen LogP contribution in [-0.4, -0.2) is 13.7 Å². The van der Waals surface area contributed by atoms with Gasteiger partial charge in [-0.15, -0.1) is 0 Å². The Kier molecular flexibility index (Phi) is 6.83. The number of hydrogen-bond donors (Lipinski definition) is 1. The summed E-state index contributed by atoms with van der Waals surface area (Å²) in [6.45, 7) is 7.94. The van der Waals surface area contributed by atoms with Gasteiger partial charge in [0.2, 0.25) is 0 Å². The fourth-order valence-electron chi connectivity index (χ4n) is 3.16. The Morgan fingerprint density at radius 2 is 1.24 bits per heavy atom. The average Bonchev–Trinajstić information content (AvgIpc) is 2.74. The van der Waals surface area contributed by atoms with Crippen molar-refractivity contribution in [1.82, 2.24) is 4.72 Å². The van der Waals surface area contributed by atoms with Gasteiger partial charge in [-0.3, -0.25) is 4.21 Å². The smallest absolute Gasteiger partial charge is 0.125 e. The molecule has 0 bridgehead atoms. The maximum atomic E-state index is 13.4. The molecule has 1 N–H and O–H groups in total. The Morgan fingerprint density at radius 3 is 1.76 bits per heavy atom. The molecule has 5 heteroatoms. The quantitative estimate of drug-likeness (QED) is 0.577. The summed E-state index contributed by atoms with van der Waals surface area (Å²) in [7, 11) is -2.72. The van der Waals surface area contributed by atoms with Crippen molar-refractivity contribution in [1.29, 1.82) is 0 Å². The molecular weight excluding hydrogens is 398 g/mol. The summed E-state index contributed by atoms with van der Waals surface area (Å²) in [4.78, 5) is 1.47. The van der Waals surface area contributed by atoms with Crippen LogP contribution in [0.5, 0.6) is 0 Å². The first-order chi connectivity index (χ1) is 13.8. The summed E-state index contributed by atoms with van der Waals surface area (Å²) in [5.41, 5.74) is 2.44. The van der Waals surface area contributed by atoms with E-state index in [2.05, 4.69) is 4.72 Å². The Bertz CT molecular complexity index is 1000. The van der Waals surface area contributed by atoms with Crippen LogP contribution >= 0.6 is 0 Å². The van der Waals surface area contributed by atoms with Crippen molar-refractivity contribution in [2.75, 3.05) is 0 Å². The van der Waals surface area contributed by atoms with E-state index in [4.69, 9.17) is 0 Å². The van der Waals surface area contributed by atoms with Crippen LogP contribution < -0.4 is 4.72 Å². The maximum absolute atomic E-state index is 13.4. The second kappa shape index (κ2) is 9.16. The second-order valence-electron chi connectivity index (χ2n) is 7.50. The van der Waals surface area contributed by atoms with Crippen LogP contribution in [0.2, 0.25) is 0 Å². The lowest BCUT2D eigenvalue weighted by atomic mass is 9.90. The van der Waals surface area contributed by atoms with Crippen LogP contribution in [-0.2, 0) is 27.3 Å². The summed E-state index contributed by atoms with van der Waals surface area (Å²) in [5.74, 6) is 0. The lowest BCUT2D eigenvalue weighted by Crippen LogP contribution is -2.50. The van der Waals surface area contributed by atoms with E-state index in [0.29, 0.717) is 4.90 Å². The van der Waals surface area contributed by atoms with Crippen LogP contribution in [0.25, 0.3) is 0 Å². The Morgan fingerprint density at radius 1 is 0.759 bits per heavy atom. The fourth-order valence-corrected chi connectivity index (χ4v) is 5.86. The minimum Gasteiger partial charge on any atom is -0.254 e. The predicted molar refractivity (Wildman–Crippen MR) is 122 cm³/mol. The molecular formula is C24H27NO2S2. The van der Waals surface area contributed by atoms with Crippen molar-refractivity contribution < 1.29 is 8.42 Å². The van der Waals surface area contributed by atoms with E-state index in [0.717, 1.165) is 21.6 Å². The monoisotopic (exact) mass is 425 g/mol. The zero-order valence-electron chi connectivity index (χ0n) is 17.2. The van der Waals surface area contributed by atoms with E-state index in [1.807, 2.05) is 107 Å².